The Morgan fingerprint density at radius 2 is 1.56 bits per heavy atom. The van der Waals surface area contributed by atoms with Crippen LogP contribution in [0.15, 0.2) is 118 Å². The lowest BCUT2D eigenvalue weighted by Gasteiger charge is -2.27. The summed E-state index contributed by atoms with van der Waals surface area (Å²) in [6, 6.07) is 26.3. The first-order chi connectivity index (χ1) is 33.9. The fourth-order valence-electron chi connectivity index (χ4n) is 7.26. The van der Waals surface area contributed by atoms with E-state index in [1.165, 1.54) is 30.3 Å². The number of benzene rings is 3. The van der Waals surface area contributed by atoms with Gasteiger partial charge in [-0.3, -0.25) is 18.9 Å². The van der Waals surface area contributed by atoms with Crippen molar-refractivity contribution in [3.8, 4) is 39.8 Å². The van der Waals surface area contributed by atoms with E-state index in [9.17, 15) is 47.8 Å². The Kier molecular flexibility index (Phi) is 18.6. The number of nitrogens with zero attached hydrogens (tertiary/aromatic N) is 4. The Morgan fingerprint density at radius 1 is 0.831 bits per heavy atom. The van der Waals surface area contributed by atoms with E-state index in [4.69, 9.17) is 24.3 Å². The number of pyridine rings is 2. The van der Waals surface area contributed by atoms with E-state index in [2.05, 4.69) is 31.2 Å². The first-order valence-corrected chi connectivity index (χ1v) is 24.0. The van der Waals surface area contributed by atoms with Crippen molar-refractivity contribution in [2.45, 2.75) is 81.4 Å². The van der Waals surface area contributed by atoms with E-state index in [-0.39, 0.29) is 41.7 Å². The number of nitrogens with one attached hydrogen (secondary N) is 3. The van der Waals surface area contributed by atoms with E-state index in [1.807, 2.05) is 74.5 Å². The van der Waals surface area contributed by atoms with Gasteiger partial charge in [0.2, 0.25) is 24.5 Å². The topological polar surface area (TPSA) is 321 Å². The molecular weight excluding hydrogens is 943 g/mol. The second-order valence-corrected chi connectivity index (χ2v) is 18.8. The molecule has 21 nitrogen and oxygen atoms in total. The molecule has 22 heteroatoms. The van der Waals surface area contributed by atoms with Gasteiger partial charge in [0.15, 0.2) is 17.3 Å². The number of unbranched alkanes of at least 4 members (excludes halogenated alkanes) is 1. The SMILES string of the molecule is CC(C)(CCCCOc1cc(-c2ccc3c(c2)OCO3)cc(-c2ccccc2)n1)CNC(=O)C(CC(=O)NC[C@H](O)[C@@H](O)[C@H](O)[C@H](O)CO)NC(=O)c1ccc(N=NCc2ccccc2S(=O)(=O)O)nc1. The van der Waals surface area contributed by atoms with Gasteiger partial charge in [-0.05, 0) is 77.8 Å². The normalized spacial score (nSPS) is 14.5. The molecule has 3 aromatic carbocycles. The minimum absolute atomic E-state index is 0.0254. The summed E-state index contributed by atoms with van der Waals surface area (Å²) in [6.07, 6.45) is -4.89. The highest BCUT2D eigenvalue weighted by Gasteiger charge is 2.32. The third-order valence-corrected chi connectivity index (χ3v) is 12.3. The van der Waals surface area contributed by atoms with Crippen LogP contribution in [-0.2, 0) is 26.3 Å². The zero-order valence-electron chi connectivity index (χ0n) is 38.9. The number of hydrogen-bond acceptors (Lipinski definition) is 17. The van der Waals surface area contributed by atoms with Gasteiger partial charge in [0, 0.05) is 30.9 Å². The molecule has 1 aliphatic heterocycles. The van der Waals surface area contributed by atoms with Crippen LogP contribution in [0.4, 0.5) is 5.82 Å². The molecule has 3 heterocycles. The number of rotatable bonds is 25. The van der Waals surface area contributed by atoms with Gasteiger partial charge in [-0.15, -0.1) is 5.11 Å². The first kappa shape index (κ1) is 53.4. The molecule has 0 saturated heterocycles. The van der Waals surface area contributed by atoms with E-state index >= 15 is 0 Å². The maximum atomic E-state index is 13.7. The molecule has 9 N–H and O–H groups in total. The van der Waals surface area contributed by atoms with Gasteiger partial charge in [-0.25, -0.2) is 9.97 Å². The predicted molar refractivity (Wildman–Crippen MR) is 256 cm³/mol. The molecule has 6 rings (SSSR count). The number of amides is 3. The zero-order chi connectivity index (χ0) is 51.1. The van der Waals surface area contributed by atoms with Crippen LogP contribution in [0.25, 0.3) is 22.4 Å². The zero-order valence-corrected chi connectivity index (χ0v) is 39.7. The number of azo groups is 1. The third-order valence-electron chi connectivity index (χ3n) is 11.3. The number of aliphatic hydroxyl groups excluding tert-OH is 5. The summed E-state index contributed by atoms with van der Waals surface area (Å²) >= 11 is 0. The number of hydrogen-bond donors (Lipinski definition) is 9. The molecule has 3 amide bonds. The van der Waals surface area contributed by atoms with Crippen molar-refractivity contribution in [3.63, 3.8) is 0 Å². The molecule has 1 unspecified atom stereocenters. The Bertz CT molecular complexity index is 2750. The maximum Gasteiger partial charge on any atom is 0.294 e. The van der Waals surface area contributed by atoms with Crippen LogP contribution in [0.1, 0.15) is 55.5 Å². The monoisotopic (exact) mass is 999 g/mol. The lowest BCUT2D eigenvalue weighted by molar-refractivity contribution is -0.130. The predicted octanol–water partition coefficient (Wildman–Crippen LogP) is 3.50. The summed E-state index contributed by atoms with van der Waals surface area (Å²) < 4.78 is 50.2. The smallest absolute Gasteiger partial charge is 0.294 e. The van der Waals surface area contributed by atoms with E-state index < -0.39 is 83.3 Å². The number of carbonyl (C=O) groups is 3. The van der Waals surface area contributed by atoms with Crippen molar-refractivity contribution in [3.05, 3.63) is 114 Å². The van der Waals surface area contributed by atoms with Gasteiger partial charge in [-0.2, -0.15) is 13.5 Å². The quantitative estimate of drug-likeness (QED) is 0.0230. The van der Waals surface area contributed by atoms with Crippen LogP contribution in [0, 0.1) is 5.41 Å². The summed E-state index contributed by atoms with van der Waals surface area (Å²) in [5.41, 5.74) is 3.15. The van der Waals surface area contributed by atoms with Crippen molar-refractivity contribution in [1.82, 2.24) is 25.9 Å². The Hall–Kier alpha value is -6.92. The van der Waals surface area contributed by atoms with Gasteiger partial charge < -0.3 is 55.7 Å². The standard InChI is InChI=1S/C49H57N7O14S/c1-49(2,18-8-9-19-68-44-22-34(20-35(54-44)30-10-4-3-5-11-30)31-14-16-39-40(21-31)70-29-69-39)28-52-48(64)36(23-43(60)51-26-37(58)45(61)46(62)38(59)27-57)55-47(63)33-15-17-42(50-24-33)56-53-25-32-12-6-7-13-41(32)71(65,66)67/h3-7,10-17,20-22,24,36-38,45-46,57-59,61-62H,8-9,18-19,23,25-29H2,1-2H3,(H,51,60)(H,52,64)(H,55,63)(H,65,66,67)/t36?,37-,38+,45+,46+/m0/s1. The maximum absolute atomic E-state index is 13.7. The van der Waals surface area contributed by atoms with Crippen molar-refractivity contribution < 1.29 is 67.1 Å². The van der Waals surface area contributed by atoms with Crippen molar-refractivity contribution >= 4 is 33.7 Å². The second kappa shape index (κ2) is 24.8. The van der Waals surface area contributed by atoms with E-state index in [0.29, 0.717) is 43.2 Å². The number of carbonyl (C=O) groups excluding carboxylic acids is 3. The van der Waals surface area contributed by atoms with Crippen LogP contribution < -0.4 is 30.2 Å². The minimum Gasteiger partial charge on any atom is -0.478 e. The largest absolute Gasteiger partial charge is 0.478 e. The second-order valence-electron chi connectivity index (χ2n) is 17.4. The van der Waals surface area contributed by atoms with Crippen LogP contribution in [0.3, 0.4) is 0 Å². The average Bonchev–Trinajstić information content (AvgIpc) is 3.85. The fraction of sp³-hybridized carbons (Fsp3) is 0.367. The summed E-state index contributed by atoms with van der Waals surface area (Å²) in [6.45, 7) is 2.83. The Morgan fingerprint density at radius 3 is 2.30 bits per heavy atom. The summed E-state index contributed by atoms with van der Waals surface area (Å²) in [7, 11) is -4.50. The molecule has 0 saturated carbocycles. The average molecular weight is 1000 g/mol. The number of ether oxygens (including phenoxy) is 3. The first-order valence-electron chi connectivity index (χ1n) is 22.6. The van der Waals surface area contributed by atoms with E-state index in [0.717, 1.165) is 28.6 Å². The summed E-state index contributed by atoms with van der Waals surface area (Å²) in [4.78, 5) is 48.9. The van der Waals surface area contributed by atoms with Crippen LogP contribution >= 0.6 is 0 Å². The van der Waals surface area contributed by atoms with Gasteiger partial charge in [0.05, 0.1) is 48.4 Å². The highest BCUT2D eigenvalue weighted by atomic mass is 32.2. The molecule has 71 heavy (non-hydrogen) atoms. The lowest BCUT2D eigenvalue weighted by Crippen LogP contribution is -2.52. The summed E-state index contributed by atoms with van der Waals surface area (Å²) in [5.74, 6) is -0.508. The van der Waals surface area contributed by atoms with Gasteiger partial charge in [0.25, 0.3) is 16.0 Å². The molecule has 5 atom stereocenters. The highest BCUT2D eigenvalue weighted by molar-refractivity contribution is 7.85. The van der Waals surface area contributed by atoms with Crippen LogP contribution in [0.2, 0.25) is 0 Å². The highest BCUT2D eigenvalue weighted by Crippen LogP contribution is 2.37. The van der Waals surface area contributed by atoms with Crippen LogP contribution in [0.5, 0.6) is 17.4 Å². The van der Waals surface area contributed by atoms with Gasteiger partial charge in [0.1, 0.15) is 24.4 Å². The van der Waals surface area contributed by atoms with Crippen molar-refractivity contribution in [1.29, 1.82) is 0 Å². The molecule has 0 radical (unpaired) electrons. The Balaban J connectivity index is 1.05. The summed E-state index contributed by atoms with van der Waals surface area (Å²) in [5, 5.41) is 64.8. The molecular formula is C49H57N7O14S. The molecule has 2 aromatic heterocycles. The number of fused-ring (bicyclic) bond motifs is 1. The number of aromatic nitrogens is 2. The minimum atomic E-state index is -4.50. The van der Waals surface area contributed by atoms with Gasteiger partial charge >= 0.3 is 0 Å². The molecule has 0 fully saturated rings. The van der Waals surface area contributed by atoms with Crippen molar-refractivity contribution in [2.75, 3.05) is 33.1 Å². The third kappa shape index (κ3) is 15.5. The fourth-order valence-corrected chi connectivity index (χ4v) is 7.97. The Labute approximate surface area is 409 Å². The molecule has 0 aliphatic carbocycles. The molecule has 5 aromatic rings. The van der Waals surface area contributed by atoms with Gasteiger partial charge in [-0.1, -0.05) is 68.4 Å². The van der Waals surface area contributed by atoms with Crippen LogP contribution in [-0.4, -0.2) is 130 Å². The lowest BCUT2D eigenvalue weighted by atomic mass is 9.87. The molecule has 378 valence electrons. The van der Waals surface area contributed by atoms with E-state index in [1.54, 1.807) is 6.07 Å². The number of aliphatic hydroxyl groups is 5. The molecule has 1 aliphatic rings. The molecule has 0 bridgehead atoms. The molecule has 0 spiro atoms. The van der Waals surface area contributed by atoms with Crippen molar-refractivity contribution in [2.24, 2.45) is 15.6 Å².